The first-order valence-corrected chi connectivity index (χ1v) is 6.65. The summed E-state index contributed by atoms with van der Waals surface area (Å²) in [5, 5.41) is 3.34. The monoisotopic (exact) mass is 336 g/mol. The molecule has 3 nitrogen and oxygen atoms in total. The second-order valence-electron chi connectivity index (χ2n) is 4.72. The van der Waals surface area contributed by atoms with Gasteiger partial charge in [-0.1, -0.05) is 12.1 Å². The van der Waals surface area contributed by atoms with Crippen molar-refractivity contribution in [2.75, 3.05) is 33.3 Å². The summed E-state index contributed by atoms with van der Waals surface area (Å²) in [6.07, 6.45) is 2.78. The average Bonchev–Trinajstić information content (AvgIpc) is 2.46. The number of hydrogen-bond acceptors (Lipinski definition) is 3. The summed E-state index contributed by atoms with van der Waals surface area (Å²) >= 11 is 0. The third-order valence-corrected chi connectivity index (χ3v) is 3.54. The lowest BCUT2D eigenvalue weighted by molar-refractivity contribution is 0.174. The number of ether oxygens (including phenoxy) is 1. The Labute approximate surface area is 138 Å². The number of nitrogens with one attached hydrogen (secondary N) is 1. The van der Waals surface area contributed by atoms with Gasteiger partial charge in [-0.25, -0.2) is 4.39 Å². The van der Waals surface area contributed by atoms with Crippen molar-refractivity contribution < 1.29 is 9.13 Å². The van der Waals surface area contributed by atoms with E-state index in [0.29, 0.717) is 5.75 Å². The molecule has 1 aliphatic rings. The Bertz CT molecular complexity index is 440. The van der Waals surface area contributed by atoms with Crippen LogP contribution in [0.2, 0.25) is 0 Å². The summed E-state index contributed by atoms with van der Waals surface area (Å²) in [6.45, 7) is 7.81. The van der Waals surface area contributed by atoms with Crippen LogP contribution in [0.25, 0.3) is 0 Å². The molecule has 0 unspecified atom stereocenters. The van der Waals surface area contributed by atoms with Gasteiger partial charge in [-0.3, -0.25) is 4.90 Å². The van der Waals surface area contributed by atoms with Gasteiger partial charge in [0.25, 0.3) is 0 Å². The molecule has 0 saturated carbocycles. The lowest BCUT2D eigenvalue weighted by atomic mass is 10.0. The van der Waals surface area contributed by atoms with Crippen LogP contribution in [0, 0.1) is 5.82 Å². The molecule has 1 aromatic rings. The zero-order chi connectivity index (χ0) is 13.7. The van der Waals surface area contributed by atoms with E-state index < -0.39 is 0 Å². The van der Waals surface area contributed by atoms with Crippen molar-refractivity contribution >= 4 is 24.8 Å². The predicted molar refractivity (Wildman–Crippen MR) is 89.4 cm³/mol. The maximum atomic E-state index is 13.5. The molecule has 6 heteroatoms. The maximum absolute atomic E-state index is 13.5. The van der Waals surface area contributed by atoms with Gasteiger partial charge in [0.15, 0.2) is 11.6 Å². The zero-order valence-corrected chi connectivity index (χ0v) is 13.8. The van der Waals surface area contributed by atoms with Gasteiger partial charge in [0.1, 0.15) is 0 Å². The third kappa shape index (κ3) is 5.15. The molecule has 0 amide bonds. The first-order chi connectivity index (χ1) is 9.26. The van der Waals surface area contributed by atoms with Crippen LogP contribution < -0.4 is 10.1 Å². The van der Waals surface area contributed by atoms with Gasteiger partial charge in [0.2, 0.25) is 0 Å². The van der Waals surface area contributed by atoms with E-state index in [9.17, 15) is 4.39 Å². The van der Waals surface area contributed by atoms with Crippen molar-refractivity contribution in [2.24, 2.45) is 0 Å². The van der Waals surface area contributed by atoms with E-state index in [-0.39, 0.29) is 36.7 Å². The van der Waals surface area contributed by atoms with E-state index in [1.165, 1.54) is 13.2 Å². The number of methoxy groups -OCH3 is 1. The predicted octanol–water partition coefficient (Wildman–Crippen LogP) is 3.20. The molecule has 21 heavy (non-hydrogen) atoms. The van der Waals surface area contributed by atoms with Crippen molar-refractivity contribution in [1.29, 1.82) is 0 Å². The normalized spacial score (nSPS) is 16.3. The topological polar surface area (TPSA) is 24.5 Å². The van der Waals surface area contributed by atoms with Crippen LogP contribution in [0.1, 0.15) is 18.0 Å². The highest BCUT2D eigenvalue weighted by Crippen LogP contribution is 2.29. The molecule has 0 aliphatic carbocycles. The van der Waals surface area contributed by atoms with Gasteiger partial charge in [-0.15, -0.1) is 31.4 Å². The molecule has 1 atom stereocenters. The summed E-state index contributed by atoms with van der Waals surface area (Å²) in [4.78, 5) is 2.41. The second-order valence-corrected chi connectivity index (χ2v) is 4.72. The highest BCUT2D eigenvalue weighted by Gasteiger charge is 2.22. The summed E-state index contributed by atoms with van der Waals surface area (Å²) in [7, 11) is 1.50. The van der Waals surface area contributed by atoms with Gasteiger partial charge >= 0.3 is 0 Å². The SMILES string of the molecule is C=CC[C@H](c1ccc(F)c(OC)c1)N1CCNCC1.Cl.Cl. The van der Waals surface area contributed by atoms with E-state index >= 15 is 0 Å². The maximum Gasteiger partial charge on any atom is 0.165 e. The Morgan fingerprint density at radius 3 is 2.62 bits per heavy atom. The van der Waals surface area contributed by atoms with Crippen LogP contribution >= 0.6 is 24.8 Å². The van der Waals surface area contributed by atoms with Crippen LogP contribution in [0.5, 0.6) is 5.75 Å². The Balaban J connectivity index is 0.00000200. The van der Waals surface area contributed by atoms with Crippen molar-refractivity contribution in [3.63, 3.8) is 0 Å². The second kappa shape index (κ2) is 10.0. The first-order valence-electron chi connectivity index (χ1n) is 6.65. The molecule has 1 heterocycles. The smallest absolute Gasteiger partial charge is 0.165 e. The van der Waals surface area contributed by atoms with Crippen molar-refractivity contribution in [3.05, 3.63) is 42.2 Å². The molecule has 1 saturated heterocycles. The highest BCUT2D eigenvalue weighted by atomic mass is 35.5. The fourth-order valence-corrected chi connectivity index (χ4v) is 2.53. The lowest BCUT2D eigenvalue weighted by Gasteiger charge is -2.35. The van der Waals surface area contributed by atoms with Crippen LogP contribution in [-0.2, 0) is 0 Å². The number of hydrogen-bond donors (Lipinski definition) is 1. The van der Waals surface area contributed by atoms with E-state index in [0.717, 1.165) is 38.2 Å². The molecule has 0 radical (unpaired) electrons. The minimum Gasteiger partial charge on any atom is -0.494 e. The summed E-state index contributed by atoms with van der Waals surface area (Å²) in [5.41, 5.74) is 1.08. The quantitative estimate of drug-likeness (QED) is 0.835. The Morgan fingerprint density at radius 1 is 1.38 bits per heavy atom. The molecule has 1 N–H and O–H groups in total. The van der Waals surface area contributed by atoms with Crippen LogP contribution in [0.4, 0.5) is 4.39 Å². The molecule has 120 valence electrons. The molecule has 1 fully saturated rings. The molecular formula is C15H23Cl2FN2O. The lowest BCUT2D eigenvalue weighted by Crippen LogP contribution is -2.45. The average molecular weight is 337 g/mol. The Morgan fingerprint density at radius 2 is 2.05 bits per heavy atom. The molecule has 1 aliphatic heterocycles. The summed E-state index contributed by atoms with van der Waals surface area (Å²) in [5.74, 6) is -0.00869. The van der Waals surface area contributed by atoms with E-state index in [1.807, 2.05) is 12.1 Å². The van der Waals surface area contributed by atoms with Crippen molar-refractivity contribution in [1.82, 2.24) is 10.2 Å². The molecule has 0 aromatic heterocycles. The van der Waals surface area contributed by atoms with Crippen LogP contribution in [0.3, 0.4) is 0 Å². The van der Waals surface area contributed by atoms with Crippen LogP contribution in [0.15, 0.2) is 30.9 Å². The number of nitrogens with zero attached hydrogens (tertiary/aromatic N) is 1. The molecular weight excluding hydrogens is 314 g/mol. The van der Waals surface area contributed by atoms with Crippen molar-refractivity contribution in [2.45, 2.75) is 12.5 Å². The van der Waals surface area contributed by atoms with Crippen LogP contribution in [-0.4, -0.2) is 38.2 Å². The zero-order valence-electron chi connectivity index (χ0n) is 12.2. The Kier molecular flexibility index (Phi) is 9.62. The molecule has 1 aromatic carbocycles. The standard InChI is InChI=1S/C15H21FN2O.2ClH/c1-3-4-14(18-9-7-17-8-10-18)12-5-6-13(16)15(11-12)19-2;;/h3,5-6,11,14,17H,1,4,7-10H2,2H3;2*1H/t14-;;/m1../s1. The summed E-state index contributed by atoms with van der Waals surface area (Å²) < 4.78 is 18.6. The Hall–Kier alpha value is -0.810. The van der Waals surface area contributed by atoms with E-state index in [1.54, 1.807) is 6.07 Å². The van der Waals surface area contributed by atoms with Crippen molar-refractivity contribution in [3.8, 4) is 5.75 Å². The minimum atomic E-state index is -0.316. The number of halogens is 3. The number of rotatable bonds is 5. The molecule has 0 spiro atoms. The van der Waals surface area contributed by atoms with Gasteiger partial charge in [0, 0.05) is 32.2 Å². The molecule has 0 bridgehead atoms. The molecule has 2 rings (SSSR count). The fourth-order valence-electron chi connectivity index (χ4n) is 2.53. The van der Waals surface area contributed by atoms with Gasteiger partial charge in [-0.05, 0) is 24.1 Å². The number of piperazine rings is 1. The first kappa shape index (κ1) is 20.2. The van der Waals surface area contributed by atoms with Gasteiger partial charge < -0.3 is 10.1 Å². The van der Waals surface area contributed by atoms with E-state index in [2.05, 4.69) is 16.8 Å². The summed E-state index contributed by atoms with van der Waals surface area (Å²) in [6, 6.07) is 5.36. The minimum absolute atomic E-state index is 0. The third-order valence-electron chi connectivity index (χ3n) is 3.54. The highest BCUT2D eigenvalue weighted by molar-refractivity contribution is 5.85. The van der Waals surface area contributed by atoms with Gasteiger partial charge in [-0.2, -0.15) is 0 Å². The fraction of sp³-hybridized carbons (Fsp3) is 0.467. The number of benzene rings is 1. The van der Waals surface area contributed by atoms with E-state index in [4.69, 9.17) is 4.74 Å². The largest absolute Gasteiger partial charge is 0.494 e. The van der Waals surface area contributed by atoms with Gasteiger partial charge in [0.05, 0.1) is 7.11 Å².